The summed E-state index contributed by atoms with van der Waals surface area (Å²) in [4.78, 5) is 24.6. The van der Waals surface area contributed by atoms with Gasteiger partial charge in [-0.05, 0) is 36.6 Å². The number of rotatable bonds is 7. The van der Waals surface area contributed by atoms with Crippen molar-refractivity contribution in [3.63, 3.8) is 0 Å². The summed E-state index contributed by atoms with van der Waals surface area (Å²) in [5, 5.41) is 11.1. The van der Waals surface area contributed by atoms with Crippen LogP contribution in [0.2, 0.25) is 0 Å². The van der Waals surface area contributed by atoms with Gasteiger partial charge in [0.15, 0.2) is 0 Å². The maximum atomic E-state index is 12.5. The molecular weight excluding hydrogens is 386 g/mol. The summed E-state index contributed by atoms with van der Waals surface area (Å²) >= 11 is 1.07. The van der Waals surface area contributed by atoms with Crippen LogP contribution >= 0.6 is 11.8 Å². The first kappa shape index (κ1) is 20.6. The molecule has 150 valence electrons. The van der Waals surface area contributed by atoms with E-state index in [1.54, 1.807) is 0 Å². The third-order valence-corrected chi connectivity index (χ3v) is 5.34. The van der Waals surface area contributed by atoms with Gasteiger partial charge in [-0.25, -0.2) is 0 Å². The number of nitrogen functional groups attached to an aromatic ring is 1. The van der Waals surface area contributed by atoms with Gasteiger partial charge in [-0.3, -0.25) is 9.59 Å². The van der Waals surface area contributed by atoms with Crippen LogP contribution in [-0.2, 0) is 17.6 Å². The second kappa shape index (κ2) is 9.38. The van der Waals surface area contributed by atoms with Crippen LogP contribution in [0.15, 0.2) is 58.5 Å². The number of aromatic nitrogens is 3. The highest BCUT2D eigenvalue weighted by molar-refractivity contribution is 7.99. The van der Waals surface area contributed by atoms with Crippen molar-refractivity contribution in [1.29, 1.82) is 0 Å². The van der Waals surface area contributed by atoms with Crippen LogP contribution in [0.25, 0.3) is 0 Å². The quantitative estimate of drug-likeness (QED) is 0.459. The maximum absolute atomic E-state index is 12.5. The molecule has 0 aliphatic rings. The van der Waals surface area contributed by atoms with E-state index in [1.165, 1.54) is 5.56 Å². The number of anilines is 1. The van der Waals surface area contributed by atoms with Crippen LogP contribution in [0, 0.1) is 6.92 Å². The largest absolute Gasteiger partial charge is 0.334 e. The minimum Gasteiger partial charge on any atom is -0.334 e. The zero-order valence-corrected chi connectivity index (χ0v) is 17.2. The molecule has 0 fully saturated rings. The first-order chi connectivity index (χ1) is 14.0. The third kappa shape index (κ3) is 5.45. The predicted molar refractivity (Wildman–Crippen MR) is 116 cm³/mol. The maximum Gasteiger partial charge on any atom is 0.294 e. The summed E-state index contributed by atoms with van der Waals surface area (Å²) in [7, 11) is 0. The van der Waals surface area contributed by atoms with Crippen molar-refractivity contribution < 1.29 is 4.79 Å². The highest BCUT2D eigenvalue weighted by Gasteiger charge is 2.13. The SMILES string of the molecule is CCc1ccc(NC(=O)CSc2nnc(Cc3ccc(C)cc3)c(=O)n2N)cc1. The van der Waals surface area contributed by atoms with E-state index in [2.05, 4.69) is 22.4 Å². The normalized spacial score (nSPS) is 10.7. The number of amides is 1. The van der Waals surface area contributed by atoms with Crippen LogP contribution < -0.4 is 16.7 Å². The lowest BCUT2D eigenvalue weighted by molar-refractivity contribution is -0.113. The molecule has 3 N–H and O–H groups in total. The van der Waals surface area contributed by atoms with Gasteiger partial charge in [-0.1, -0.05) is 60.6 Å². The Morgan fingerprint density at radius 1 is 1.07 bits per heavy atom. The Hall–Kier alpha value is -3.13. The third-order valence-electron chi connectivity index (χ3n) is 4.40. The highest BCUT2D eigenvalue weighted by Crippen LogP contribution is 2.14. The van der Waals surface area contributed by atoms with E-state index in [0.29, 0.717) is 6.42 Å². The molecule has 1 amide bonds. The Morgan fingerprint density at radius 3 is 2.38 bits per heavy atom. The van der Waals surface area contributed by atoms with Gasteiger partial charge in [0.05, 0.1) is 5.75 Å². The Bertz CT molecular complexity index is 1050. The smallest absolute Gasteiger partial charge is 0.294 e. The number of nitrogens with one attached hydrogen (secondary N) is 1. The van der Waals surface area contributed by atoms with Gasteiger partial charge >= 0.3 is 0 Å². The van der Waals surface area contributed by atoms with Crippen molar-refractivity contribution in [3.8, 4) is 0 Å². The Labute approximate surface area is 173 Å². The molecule has 0 spiro atoms. The van der Waals surface area contributed by atoms with Gasteiger partial charge in [0.2, 0.25) is 11.1 Å². The van der Waals surface area contributed by atoms with Crippen LogP contribution in [0.1, 0.15) is 29.3 Å². The minimum atomic E-state index is -0.418. The number of aryl methyl sites for hydroxylation is 2. The monoisotopic (exact) mass is 409 g/mol. The van der Waals surface area contributed by atoms with Gasteiger partial charge in [0.25, 0.3) is 5.56 Å². The van der Waals surface area contributed by atoms with E-state index in [1.807, 2.05) is 55.5 Å². The van der Waals surface area contributed by atoms with Crippen molar-refractivity contribution in [2.75, 3.05) is 16.9 Å². The van der Waals surface area contributed by atoms with Crippen LogP contribution in [0.4, 0.5) is 5.69 Å². The number of hydrogen-bond acceptors (Lipinski definition) is 6. The molecule has 7 nitrogen and oxygen atoms in total. The van der Waals surface area contributed by atoms with E-state index in [4.69, 9.17) is 5.84 Å². The first-order valence-corrected chi connectivity index (χ1v) is 10.3. The lowest BCUT2D eigenvalue weighted by Gasteiger charge is -2.08. The molecule has 0 bridgehead atoms. The number of carbonyl (C=O) groups excluding carboxylic acids is 1. The average Bonchev–Trinajstić information content (AvgIpc) is 2.73. The van der Waals surface area contributed by atoms with E-state index >= 15 is 0 Å². The molecule has 0 atom stereocenters. The summed E-state index contributed by atoms with van der Waals surface area (Å²) in [6.45, 7) is 4.07. The molecule has 0 aliphatic carbocycles. The van der Waals surface area contributed by atoms with Crippen LogP contribution in [-0.4, -0.2) is 26.5 Å². The Kier molecular flexibility index (Phi) is 6.66. The standard InChI is InChI=1S/C21H23N5O2S/c1-3-15-8-10-17(11-9-15)23-19(27)13-29-21-25-24-18(20(28)26(21)22)12-16-6-4-14(2)5-7-16/h4-11H,3,12-13,22H2,1-2H3,(H,23,27). The highest BCUT2D eigenvalue weighted by atomic mass is 32.2. The van der Waals surface area contributed by atoms with E-state index in [9.17, 15) is 9.59 Å². The average molecular weight is 410 g/mol. The second-order valence-electron chi connectivity index (χ2n) is 6.65. The van der Waals surface area contributed by atoms with Crippen molar-refractivity contribution in [1.82, 2.24) is 14.9 Å². The molecule has 0 unspecified atom stereocenters. The van der Waals surface area contributed by atoms with E-state index in [0.717, 1.165) is 39.7 Å². The predicted octanol–water partition coefficient (Wildman–Crippen LogP) is 2.54. The van der Waals surface area contributed by atoms with Crippen LogP contribution in [0.3, 0.4) is 0 Å². The summed E-state index contributed by atoms with van der Waals surface area (Å²) in [6.07, 6.45) is 1.29. The lowest BCUT2D eigenvalue weighted by atomic mass is 10.1. The molecule has 3 rings (SSSR count). The second-order valence-corrected chi connectivity index (χ2v) is 7.60. The zero-order chi connectivity index (χ0) is 20.8. The molecule has 0 saturated heterocycles. The van der Waals surface area contributed by atoms with Crippen molar-refractivity contribution in [2.24, 2.45) is 0 Å². The number of nitrogens with zero attached hydrogens (tertiary/aromatic N) is 3. The minimum absolute atomic E-state index is 0.0676. The fourth-order valence-corrected chi connectivity index (χ4v) is 3.33. The molecule has 0 saturated carbocycles. The molecule has 2 aromatic carbocycles. The van der Waals surface area contributed by atoms with E-state index < -0.39 is 5.56 Å². The summed E-state index contributed by atoms with van der Waals surface area (Å²) in [5.41, 5.74) is 3.86. The Balaban J connectivity index is 1.62. The van der Waals surface area contributed by atoms with Gasteiger partial charge in [0, 0.05) is 12.1 Å². The molecule has 29 heavy (non-hydrogen) atoms. The molecule has 3 aromatic rings. The van der Waals surface area contributed by atoms with Gasteiger partial charge in [0.1, 0.15) is 5.69 Å². The Morgan fingerprint density at radius 2 is 1.72 bits per heavy atom. The fraction of sp³-hybridized carbons (Fsp3) is 0.238. The number of carbonyl (C=O) groups is 1. The zero-order valence-electron chi connectivity index (χ0n) is 16.4. The molecule has 1 aromatic heterocycles. The number of benzene rings is 2. The topological polar surface area (TPSA) is 103 Å². The van der Waals surface area contributed by atoms with Gasteiger partial charge in [-0.15, -0.1) is 10.2 Å². The molecule has 0 radical (unpaired) electrons. The summed E-state index contributed by atoms with van der Waals surface area (Å²) < 4.78 is 0.949. The molecule has 1 heterocycles. The van der Waals surface area contributed by atoms with Crippen molar-refractivity contribution in [3.05, 3.63) is 81.3 Å². The number of hydrogen-bond donors (Lipinski definition) is 2. The van der Waals surface area contributed by atoms with Gasteiger partial charge < -0.3 is 11.2 Å². The number of nitrogens with two attached hydrogens (primary N) is 1. The molecule has 0 aliphatic heterocycles. The van der Waals surface area contributed by atoms with Crippen molar-refractivity contribution in [2.45, 2.75) is 31.8 Å². The summed E-state index contributed by atoms with van der Waals surface area (Å²) in [5.74, 6) is 5.74. The number of thioether (sulfide) groups is 1. The van der Waals surface area contributed by atoms with Gasteiger partial charge in [-0.2, -0.15) is 4.68 Å². The molecular formula is C21H23N5O2S. The first-order valence-electron chi connectivity index (χ1n) is 9.27. The molecule has 8 heteroatoms. The summed E-state index contributed by atoms with van der Waals surface area (Å²) in [6, 6.07) is 15.5. The van der Waals surface area contributed by atoms with Crippen molar-refractivity contribution >= 4 is 23.4 Å². The fourth-order valence-electron chi connectivity index (χ4n) is 2.68. The van der Waals surface area contributed by atoms with E-state index in [-0.39, 0.29) is 22.5 Å². The van der Waals surface area contributed by atoms with Crippen LogP contribution in [0.5, 0.6) is 0 Å². The lowest BCUT2D eigenvalue weighted by Crippen LogP contribution is -2.34.